The summed E-state index contributed by atoms with van der Waals surface area (Å²) in [7, 11) is 0. The lowest BCUT2D eigenvalue weighted by molar-refractivity contribution is 0.465. The van der Waals surface area contributed by atoms with Crippen LogP contribution in [0.1, 0.15) is 25.3 Å². The second-order valence-electron chi connectivity index (χ2n) is 3.56. The molecule has 2 unspecified atom stereocenters. The minimum absolute atomic E-state index is 0.0186. The molecule has 0 aliphatic rings. The summed E-state index contributed by atoms with van der Waals surface area (Å²) in [6.07, 6.45) is 0. The van der Waals surface area contributed by atoms with Crippen LogP contribution in [0.4, 0.5) is 8.78 Å². The fourth-order valence-corrected chi connectivity index (χ4v) is 1.87. The number of benzene rings is 1. The van der Waals surface area contributed by atoms with Crippen LogP contribution in [-0.4, -0.2) is 5.33 Å². The second-order valence-corrected chi connectivity index (χ2v) is 4.21. The van der Waals surface area contributed by atoms with E-state index < -0.39 is 11.6 Å². The van der Waals surface area contributed by atoms with E-state index in [1.165, 1.54) is 0 Å². The van der Waals surface area contributed by atoms with E-state index >= 15 is 0 Å². The van der Waals surface area contributed by atoms with Crippen molar-refractivity contribution in [1.29, 1.82) is 0 Å². The van der Waals surface area contributed by atoms with E-state index in [0.29, 0.717) is 5.56 Å². The van der Waals surface area contributed by atoms with Crippen LogP contribution in [0.5, 0.6) is 0 Å². The van der Waals surface area contributed by atoms with Crippen LogP contribution >= 0.6 is 15.9 Å². The van der Waals surface area contributed by atoms with Crippen LogP contribution in [0.3, 0.4) is 0 Å². The van der Waals surface area contributed by atoms with E-state index in [9.17, 15) is 8.78 Å². The van der Waals surface area contributed by atoms with Crippen LogP contribution in [0.25, 0.3) is 0 Å². The quantitative estimate of drug-likeness (QED) is 0.720. The zero-order valence-electron chi connectivity index (χ0n) is 8.23. The Hall–Kier alpha value is -0.440. The molecule has 0 radical (unpaired) electrons. The van der Waals surface area contributed by atoms with Gasteiger partial charge in [0.25, 0.3) is 0 Å². The van der Waals surface area contributed by atoms with Gasteiger partial charge in [-0.2, -0.15) is 0 Å². The van der Waals surface area contributed by atoms with Gasteiger partial charge in [-0.25, -0.2) is 8.78 Å². The number of hydrogen-bond acceptors (Lipinski definition) is 0. The topological polar surface area (TPSA) is 0 Å². The molecule has 1 aromatic carbocycles. The molecule has 0 N–H and O–H groups in total. The lowest BCUT2D eigenvalue weighted by Crippen LogP contribution is -2.10. The van der Waals surface area contributed by atoms with Crippen molar-refractivity contribution in [3.05, 3.63) is 35.4 Å². The number of rotatable bonds is 3. The molecule has 0 spiro atoms. The third-order valence-electron chi connectivity index (χ3n) is 2.57. The van der Waals surface area contributed by atoms with E-state index in [1.807, 2.05) is 13.8 Å². The van der Waals surface area contributed by atoms with Gasteiger partial charge in [0.05, 0.1) is 0 Å². The molecule has 3 heteroatoms. The number of halogens is 3. The fraction of sp³-hybridized carbons (Fsp3) is 0.455. The molecule has 0 heterocycles. The predicted octanol–water partition coefficient (Wildman–Crippen LogP) is 4.10. The minimum Gasteiger partial charge on any atom is -0.204 e. The van der Waals surface area contributed by atoms with Gasteiger partial charge in [-0.05, 0) is 23.5 Å². The van der Waals surface area contributed by atoms with Gasteiger partial charge in [0.2, 0.25) is 0 Å². The molecule has 0 bridgehead atoms. The molecular weight excluding hydrogens is 250 g/mol. The van der Waals surface area contributed by atoms with Crippen LogP contribution in [0.2, 0.25) is 0 Å². The first-order chi connectivity index (χ1) is 6.57. The highest BCUT2D eigenvalue weighted by Crippen LogP contribution is 2.28. The predicted molar refractivity (Wildman–Crippen MR) is 57.7 cm³/mol. The Labute approximate surface area is 91.5 Å². The highest BCUT2D eigenvalue weighted by Gasteiger charge is 2.18. The Balaban J connectivity index is 3.01. The summed E-state index contributed by atoms with van der Waals surface area (Å²) in [5.74, 6) is -1.18. The standard InChI is InChI=1S/C11H13BrF2/c1-7(6-12)8(2)9-4-3-5-10(13)11(9)14/h3-5,7-8H,6H2,1-2H3. The van der Waals surface area contributed by atoms with Gasteiger partial charge in [0.15, 0.2) is 11.6 Å². The second kappa shape index (κ2) is 4.87. The summed E-state index contributed by atoms with van der Waals surface area (Å²) in [5.41, 5.74) is 0.456. The molecule has 0 aliphatic heterocycles. The minimum atomic E-state index is -0.767. The molecule has 0 saturated carbocycles. The Bertz CT molecular complexity index is 312. The van der Waals surface area contributed by atoms with Crippen molar-refractivity contribution in [2.75, 3.05) is 5.33 Å². The molecule has 1 rings (SSSR count). The molecule has 0 fully saturated rings. The van der Waals surface area contributed by atoms with E-state index in [0.717, 1.165) is 11.4 Å². The van der Waals surface area contributed by atoms with Crippen molar-refractivity contribution >= 4 is 15.9 Å². The van der Waals surface area contributed by atoms with Crippen LogP contribution in [0, 0.1) is 17.6 Å². The molecule has 0 amide bonds. The van der Waals surface area contributed by atoms with Crippen LogP contribution in [0.15, 0.2) is 18.2 Å². The molecule has 0 aromatic heterocycles. The van der Waals surface area contributed by atoms with Crippen molar-refractivity contribution in [2.24, 2.45) is 5.92 Å². The van der Waals surface area contributed by atoms with Crippen LogP contribution in [-0.2, 0) is 0 Å². The van der Waals surface area contributed by atoms with Gasteiger partial charge >= 0.3 is 0 Å². The number of alkyl halides is 1. The van der Waals surface area contributed by atoms with Gasteiger partial charge in [0.1, 0.15) is 0 Å². The van der Waals surface area contributed by atoms with Gasteiger partial charge < -0.3 is 0 Å². The van der Waals surface area contributed by atoms with Crippen molar-refractivity contribution in [3.63, 3.8) is 0 Å². The first-order valence-electron chi connectivity index (χ1n) is 4.57. The number of hydrogen-bond donors (Lipinski definition) is 0. The normalized spacial score (nSPS) is 15.2. The maximum absolute atomic E-state index is 13.4. The summed E-state index contributed by atoms with van der Waals surface area (Å²) in [5, 5.41) is 0.782. The van der Waals surface area contributed by atoms with E-state index in [-0.39, 0.29) is 11.8 Å². The first kappa shape index (κ1) is 11.6. The molecule has 0 saturated heterocycles. The lowest BCUT2D eigenvalue weighted by Gasteiger charge is -2.18. The fourth-order valence-electron chi connectivity index (χ4n) is 1.31. The van der Waals surface area contributed by atoms with Crippen molar-refractivity contribution in [3.8, 4) is 0 Å². The van der Waals surface area contributed by atoms with E-state index in [2.05, 4.69) is 15.9 Å². The molecule has 1 aromatic rings. The third kappa shape index (κ3) is 2.32. The molecule has 78 valence electrons. The van der Waals surface area contributed by atoms with Crippen molar-refractivity contribution in [1.82, 2.24) is 0 Å². The highest BCUT2D eigenvalue weighted by atomic mass is 79.9. The summed E-state index contributed by atoms with van der Waals surface area (Å²) in [6.45, 7) is 3.91. The Morgan fingerprint density at radius 3 is 2.50 bits per heavy atom. The molecule has 0 nitrogen and oxygen atoms in total. The van der Waals surface area contributed by atoms with E-state index in [4.69, 9.17) is 0 Å². The monoisotopic (exact) mass is 262 g/mol. The largest absolute Gasteiger partial charge is 0.204 e. The van der Waals surface area contributed by atoms with Gasteiger partial charge in [-0.1, -0.05) is 41.9 Å². The molecule has 2 atom stereocenters. The van der Waals surface area contributed by atoms with Crippen molar-refractivity contribution < 1.29 is 8.78 Å². The first-order valence-corrected chi connectivity index (χ1v) is 5.70. The Kier molecular flexibility index (Phi) is 4.05. The van der Waals surface area contributed by atoms with Crippen molar-refractivity contribution in [2.45, 2.75) is 19.8 Å². The van der Waals surface area contributed by atoms with E-state index in [1.54, 1.807) is 12.1 Å². The summed E-state index contributed by atoms with van der Waals surface area (Å²) in [6, 6.07) is 4.33. The van der Waals surface area contributed by atoms with Crippen LogP contribution < -0.4 is 0 Å². The maximum atomic E-state index is 13.4. The van der Waals surface area contributed by atoms with Gasteiger partial charge in [0, 0.05) is 5.33 Å². The lowest BCUT2D eigenvalue weighted by atomic mass is 9.90. The zero-order valence-corrected chi connectivity index (χ0v) is 9.81. The highest BCUT2D eigenvalue weighted by molar-refractivity contribution is 9.09. The maximum Gasteiger partial charge on any atom is 0.162 e. The Morgan fingerprint density at radius 2 is 1.93 bits per heavy atom. The molecular formula is C11H13BrF2. The van der Waals surface area contributed by atoms with Gasteiger partial charge in [-0.15, -0.1) is 0 Å². The van der Waals surface area contributed by atoms with Gasteiger partial charge in [-0.3, -0.25) is 0 Å². The molecule has 14 heavy (non-hydrogen) atoms. The average Bonchev–Trinajstić information content (AvgIpc) is 2.20. The Morgan fingerprint density at radius 1 is 1.29 bits per heavy atom. The summed E-state index contributed by atoms with van der Waals surface area (Å²) < 4.78 is 26.3. The third-order valence-corrected chi connectivity index (χ3v) is 3.59. The average molecular weight is 263 g/mol. The zero-order chi connectivity index (χ0) is 10.7. The SMILES string of the molecule is CC(CBr)C(C)c1cccc(F)c1F. The summed E-state index contributed by atoms with van der Waals surface area (Å²) in [4.78, 5) is 0. The smallest absolute Gasteiger partial charge is 0.162 e. The summed E-state index contributed by atoms with van der Waals surface area (Å²) >= 11 is 3.34. The molecule has 0 aliphatic carbocycles.